The molecule has 0 saturated heterocycles. The molecule has 0 aromatic carbocycles. The molecule has 1 aliphatic carbocycles. The van der Waals surface area contributed by atoms with Crippen LogP contribution < -0.4 is 5.32 Å². The summed E-state index contributed by atoms with van der Waals surface area (Å²) in [4.78, 5) is 9.45. The summed E-state index contributed by atoms with van der Waals surface area (Å²) in [5.41, 5.74) is 0.871. The van der Waals surface area contributed by atoms with Gasteiger partial charge in [-0.3, -0.25) is 4.68 Å². The second-order valence-electron chi connectivity index (χ2n) is 5.68. The minimum atomic E-state index is 0.0478. The SMILES string of the molecule is Cn1ncc2c(NCCOCCO)nc(C3CCCC3)nc21. The third kappa shape index (κ3) is 3.20. The number of nitrogens with one attached hydrogen (secondary N) is 1. The van der Waals surface area contributed by atoms with Crippen LogP contribution in [0.5, 0.6) is 0 Å². The lowest BCUT2D eigenvalue weighted by Gasteiger charge is -2.12. The molecule has 2 heterocycles. The second kappa shape index (κ2) is 7.02. The van der Waals surface area contributed by atoms with Gasteiger partial charge >= 0.3 is 0 Å². The smallest absolute Gasteiger partial charge is 0.163 e. The second-order valence-corrected chi connectivity index (χ2v) is 5.68. The van der Waals surface area contributed by atoms with Crippen molar-refractivity contribution in [2.24, 2.45) is 7.05 Å². The Balaban J connectivity index is 1.80. The van der Waals surface area contributed by atoms with Crippen molar-refractivity contribution in [1.82, 2.24) is 19.7 Å². The van der Waals surface area contributed by atoms with Gasteiger partial charge in [-0.15, -0.1) is 0 Å². The maximum atomic E-state index is 8.71. The zero-order valence-electron chi connectivity index (χ0n) is 13.0. The monoisotopic (exact) mass is 305 g/mol. The molecule has 0 bridgehead atoms. The Morgan fingerprint density at radius 2 is 2.14 bits per heavy atom. The van der Waals surface area contributed by atoms with Crippen LogP contribution in [0, 0.1) is 0 Å². The number of aromatic nitrogens is 4. The van der Waals surface area contributed by atoms with Gasteiger partial charge in [0.05, 0.1) is 31.4 Å². The molecule has 3 rings (SSSR count). The first-order valence-electron chi connectivity index (χ1n) is 7.91. The number of nitrogens with zero attached hydrogens (tertiary/aromatic N) is 4. The summed E-state index contributed by atoms with van der Waals surface area (Å²) < 4.78 is 7.07. The van der Waals surface area contributed by atoms with E-state index in [-0.39, 0.29) is 6.61 Å². The molecule has 1 saturated carbocycles. The summed E-state index contributed by atoms with van der Waals surface area (Å²) >= 11 is 0. The topological polar surface area (TPSA) is 85.1 Å². The van der Waals surface area contributed by atoms with Crippen LogP contribution in [-0.4, -0.2) is 51.2 Å². The molecule has 2 aromatic heterocycles. The van der Waals surface area contributed by atoms with E-state index in [2.05, 4.69) is 10.4 Å². The molecule has 2 aromatic rings. The van der Waals surface area contributed by atoms with Gasteiger partial charge in [0, 0.05) is 19.5 Å². The highest BCUT2D eigenvalue weighted by atomic mass is 16.5. The van der Waals surface area contributed by atoms with Crippen LogP contribution in [0.25, 0.3) is 11.0 Å². The van der Waals surface area contributed by atoms with Crippen molar-refractivity contribution in [3.05, 3.63) is 12.0 Å². The van der Waals surface area contributed by atoms with Crippen molar-refractivity contribution in [2.75, 3.05) is 31.7 Å². The van der Waals surface area contributed by atoms with Gasteiger partial charge in [0.25, 0.3) is 0 Å². The third-order valence-corrected chi connectivity index (χ3v) is 4.10. The van der Waals surface area contributed by atoms with Crippen LogP contribution in [0.2, 0.25) is 0 Å². The molecule has 0 spiro atoms. The molecular weight excluding hydrogens is 282 g/mol. The number of aliphatic hydroxyl groups excluding tert-OH is 1. The van der Waals surface area contributed by atoms with E-state index in [9.17, 15) is 0 Å². The Hall–Kier alpha value is -1.73. The van der Waals surface area contributed by atoms with Gasteiger partial charge in [0.2, 0.25) is 0 Å². The fourth-order valence-electron chi connectivity index (χ4n) is 2.95. The van der Waals surface area contributed by atoms with E-state index in [4.69, 9.17) is 19.8 Å². The summed E-state index contributed by atoms with van der Waals surface area (Å²) in [6, 6.07) is 0. The summed E-state index contributed by atoms with van der Waals surface area (Å²) in [5.74, 6) is 2.21. The summed E-state index contributed by atoms with van der Waals surface area (Å²) in [7, 11) is 1.90. The van der Waals surface area contributed by atoms with Crippen molar-refractivity contribution >= 4 is 16.9 Å². The highest BCUT2D eigenvalue weighted by Gasteiger charge is 2.22. The van der Waals surface area contributed by atoms with E-state index in [1.165, 1.54) is 25.7 Å². The molecular formula is C15H23N5O2. The molecule has 7 nitrogen and oxygen atoms in total. The lowest BCUT2D eigenvalue weighted by Crippen LogP contribution is -2.14. The van der Waals surface area contributed by atoms with Crippen LogP contribution in [0.4, 0.5) is 5.82 Å². The first-order chi connectivity index (χ1) is 10.8. The number of aliphatic hydroxyl groups is 1. The van der Waals surface area contributed by atoms with Crippen molar-refractivity contribution in [3.8, 4) is 0 Å². The predicted octanol–water partition coefficient (Wildman–Crippen LogP) is 1.44. The highest BCUT2D eigenvalue weighted by Crippen LogP contribution is 2.33. The van der Waals surface area contributed by atoms with E-state index in [1.54, 1.807) is 10.9 Å². The largest absolute Gasteiger partial charge is 0.394 e. The lowest BCUT2D eigenvalue weighted by atomic mass is 10.1. The van der Waals surface area contributed by atoms with Gasteiger partial charge in [-0.25, -0.2) is 9.97 Å². The summed E-state index contributed by atoms with van der Waals surface area (Å²) in [6.45, 7) is 1.59. The average Bonchev–Trinajstić information content (AvgIpc) is 3.17. The number of hydrogen-bond donors (Lipinski definition) is 2. The minimum absolute atomic E-state index is 0.0478. The molecule has 0 amide bonds. The van der Waals surface area contributed by atoms with Crippen LogP contribution >= 0.6 is 0 Å². The Bertz CT molecular complexity index is 622. The van der Waals surface area contributed by atoms with Crippen LogP contribution in [0.1, 0.15) is 37.4 Å². The first-order valence-corrected chi connectivity index (χ1v) is 7.91. The van der Waals surface area contributed by atoms with Crippen molar-refractivity contribution in [3.63, 3.8) is 0 Å². The van der Waals surface area contributed by atoms with E-state index < -0.39 is 0 Å². The zero-order chi connectivity index (χ0) is 15.4. The molecule has 120 valence electrons. The van der Waals surface area contributed by atoms with Gasteiger partial charge in [-0.1, -0.05) is 12.8 Å². The van der Waals surface area contributed by atoms with Gasteiger partial charge in [0.15, 0.2) is 5.65 Å². The van der Waals surface area contributed by atoms with Gasteiger partial charge in [-0.2, -0.15) is 5.10 Å². The van der Waals surface area contributed by atoms with E-state index in [1.807, 2.05) is 7.05 Å². The van der Waals surface area contributed by atoms with Crippen LogP contribution in [0.15, 0.2) is 6.20 Å². The molecule has 7 heteroatoms. The van der Waals surface area contributed by atoms with Crippen molar-refractivity contribution in [1.29, 1.82) is 0 Å². The number of ether oxygens (including phenoxy) is 1. The molecule has 1 fully saturated rings. The van der Waals surface area contributed by atoms with Crippen LogP contribution in [-0.2, 0) is 11.8 Å². The number of fused-ring (bicyclic) bond motifs is 1. The molecule has 2 N–H and O–H groups in total. The summed E-state index contributed by atoms with van der Waals surface area (Å²) in [5, 5.41) is 17.2. The molecule has 0 unspecified atom stereocenters. The number of aryl methyl sites for hydroxylation is 1. The Kier molecular flexibility index (Phi) is 4.84. The molecule has 0 atom stereocenters. The number of hydrogen-bond acceptors (Lipinski definition) is 6. The standard InChI is InChI=1S/C15H23N5O2/c1-20-15-12(10-17-20)14(16-6-8-22-9-7-21)18-13(19-15)11-4-2-3-5-11/h10-11,21H,2-9H2,1H3,(H,16,18,19). The quantitative estimate of drug-likeness (QED) is 0.753. The fourth-order valence-corrected chi connectivity index (χ4v) is 2.95. The third-order valence-electron chi connectivity index (χ3n) is 4.10. The first kappa shape index (κ1) is 15.2. The van der Waals surface area contributed by atoms with E-state index >= 15 is 0 Å². The predicted molar refractivity (Wildman–Crippen MR) is 83.9 cm³/mol. The normalized spacial score (nSPS) is 15.7. The van der Waals surface area contributed by atoms with Gasteiger partial charge in [-0.05, 0) is 12.8 Å². The maximum absolute atomic E-state index is 8.71. The van der Waals surface area contributed by atoms with Gasteiger partial charge in [0.1, 0.15) is 11.6 Å². The number of rotatable bonds is 7. The lowest BCUT2D eigenvalue weighted by molar-refractivity contribution is 0.0992. The Morgan fingerprint density at radius 3 is 2.91 bits per heavy atom. The average molecular weight is 305 g/mol. The van der Waals surface area contributed by atoms with E-state index in [0.29, 0.717) is 25.7 Å². The Morgan fingerprint density at radius 1 is 1.32 bits per heavy atom. The maximum Gasteiger partial charge on any atom is 0.163 e. The molecule has 22 heavy (non-hydrogen) atoms. The van der Waals surface area contributed by atoms with Crippen LogP contribution in [0.3, 0.4) is 0 Å². The summed E-state index contributed by atoms with van der Waals surface area (Å²) in [6.07, 6.45) is 6.65. The molecule has 0 aliphatic heterocycles. The van der Waals surface area contributed by atoms with Gasteiger partial charge < -0.3 is 15.2 Å². The Labute approximate surface area is 129 Å². The minimum Gasteiger partial charge on any atom is -0.394 e. The molecule has 1 aliphatic rings. The fraction of sp³-hybridized carbons (Fsp3) is 0.667. The highest BCUT2D eigenvalue weighted by molar-refractivity contribution is 5.86. The van der Waals surface area contributed by atoms with E-state index in [0.717, 1.165) is 22.7 Å². The van der Waals surface area contributed by atoms with Crippen molar-refractivity contribution < 1.29 is 9.84 Å². The van der Waals surface area contributed by atoms with Crippen molar-refractivity contribution in [2.45, 2.75) is 31.6 Å². The number of anilines is 1. The molecule has 0 radical (unpaired) electrons. The zero-order valence-corrected chi connectivity index (χ0v) is 13.0.